The van der Waals surface area contributed by atoms with Gasteiger partial charge in [0.05, 0.1) is 6.33 Å². The summed E-state index contributed by atoms with van der Waals surface area (Å²) in [5.74, 6) is 0. The number of nitrogens with zero attached hydrogens (tertiary/aromatic N) is 2. The molecule has 0 saturated heterocycles. The number of halogens is 1. The molecule has 0 radical (unpaired) electrons. The van der Waals surface area contributed by atoms with Gasteiger partial charge in [0.15, 0.2) is 0 Å². The molecule has 0 spiro atoms. The van der Waals surface area contributed by atoms with Crippen molar-refractivity contribution < 1.29 is 0 Å². The van der Waals surface area contributed by atoms with Gasteiger partial charge in [-0.1, -0.05) is 48.0 Å². The van der Waals surface area contributed by atoms with E-state index >= 15 is 0 Å². The van der Waals surface area contributed by atoms with Gasteiger partial charge in [-0.2, -0.15) is 0 Å². The van der Waals surface area contributed by atoms with Crippen molar-refractivity contribution in [1.82, 2.24) is 9.55 Å². The van der Waals surface area contributed by atoms with Gasteiger partial charge in [0, 0.05) is 23.6 Å². The lowest BCUT2D eigenvalue weighted by molar-refractivity contribution is 0.539. The first-order valence-electron chi connectivity index (χ1n) is 6.83. The molecule has 0 unspecified atom stereocenters. The number of aromatic nitrogens is 2. The summed E-state index contributed by atoms with van der Waals surface area (Å²) in [4.78, 5) is 15.7. The summed E-state index contributed by atoms with van der Waals surface area (Å²) in [5, 5.41) is 1.12. The highest BCUT2D eigenvalue weighted by Crippen LogP contribution is 2.08. The smallest absolute Gasteiger partial charge is 0.253 e. The van der Waals surface area contributed by atoms with E-state index in [0.717, 1.165) is 24.0 Å². The number of hydrogen-bond acceptors (Lipinski definition) is 2. The molecule has 0 N–H and O–H groups in total. The second kappa shape index (κ2) is 9.31. The number of rotatable bonds is 9. The molecule has 18 heavy (non-hydrogen) atoms. The van der Waals surface area contributed by atoms with Crippen molar-refractivity contribution in [1.29, 1.82) is 0 Å². The van der Waals surface area contributed by atoms with Crippen LogP contribution in [0.2, 0.25) is 0 Å². The van der Waals surface area contributed by atoms with E-state index in [-0.39, 0.29) is 5.56 Å². The van der Waals surface area contributed by atoms with Crippen LogP contribution in [0.15, 0.2) is 17.2 Å². The lowest BCUT2D eigenvalue weighted by Crippen LogP contribution is -2.19. The third-order valence-electron chi connectivity index (χ3n) is 3.05. The SMILES string of the molecule is Cc1cc(=O)n(CCCCCCCCCBr)cn1. The molecular weight excluding hydrogens is 292 g/mol. The van der Waals surface area contributed by atoms with Crippen molar-refractivity contribution in [3.63, 3.8) is 0 Å². The molecule has 0 atom stereocenters. The first-order valence-corrected chi connectivity index (χ1v) is 7.95. The largest absolute Gasteiger partial charge is 0.299 e. The summed E-state index contributed by atoms with van der Waals surface area (Å²) in [6.07, 6.45) is 10.5. The molecule has 1 aromatic heterocycles. The van der Waals surface area contributed by atoms with Crippen LogP contribution in [0.25, 0.3) is 0 Å². The van der Waals surface area contributed by atoms with Crippen molar-refractivity contribution in [2.75, 3.05) is 5.33 Å². The maximum Gasteiger partial charge on any atom is 0.253 e. The zero-order valence-electron chi connectivity index (χ0n) is 11.2. The third-order valence-corrected chi connectivity index (χ3v) is 3.61. The van der Waals surface area contributed by atoms with E-state index in [1.54, 1.807) is 17.0 Å². The monoisotopic (exact) mass is 314 g/mol. The van der Waals surface area contributed by atoms with Gasteiger partial charge in [-0.3, -0.25) is 9.36 Å². The fourth-order valence-electron chi connectivity index (χ4n) is 1.94. The van der Waals surface area contributed by atoms with Crippen LogP contribution in [0.5, 0.6) is 0 Å². The molecule has 0 aromatic carbocycles. The predicted molar refractivity (Wildman–Crippen MR) is 79.3 cm³/mol. The molecule has 0 aliphatic carbocycles. The summed E-state index contributed by atoms with van der Waals surface area (Å²) < 4.78 is 1.71. The molecule has 0 amide bonds. The Balaban J connectivity index is 2.09. The maximum absolute atomic E-state index is 11.6. The average Bonchev–Trinajstić information content (AvgIpc) is 2.35. The van der Waals surface area contributed by atoms with Crippen LogP contribution in [0.1, 0.15) is 50.6 Å². The van der Waals surface area contributed by atoms with Crippen LogP contribution in [0.3, 0.4) is 0 Å². The van der Waals surface area contributed by atoms with Crippen molar-refractivity contribution in [2.45, 2.75) is 58.4 Å². The van der Waals surface area contributed by atoms with Gasteiger partial charge in [-0.25, -0.2) is 4.98 Å². The maximum atomic E-state index is 11.6. The minimum atomic E-state index is 0.0693. The Morgan fingerprint density at radius 1 is 1.11 bits per heavy atom. The van der Waals surface area contributed by atoms with Crippen LogP contribution in [-0.4, -0.2) is 14.9 Å². The molecule has 3 nitrogen and oxygen atoms in total. The highest BCUT2D eigenvalue weighted by atomic mass is 79.9. The van der Waals surface area contributed by atoms with Crippen molar-refractivity contribution in [3.05, 3.63) is 28.4 Å². The third kappa shape index (κ3) is 6.34. The van der Waals surface area contributed by atoms with Crippen LogP contribution < -0.4 is 5.56 Å². The summed E-state index contributed by atoms with van der Waals surface area (Å²) in [6, 6.07) is 1.60. The average molecular weight is 315 g/mol. The van der Waals surface area contributed by atoms with E-state index in [4.69, 9.17) is 0 Å². The van der Waals surface area contributed by atoms with E-state index in [1.165, 1.54) is 38.5 Å². The molecule has 1 aromatic rings. The molecule has 0 fully saturated rings. The first kappa shape index (κ1) is 15.4. The van der Waals surface area contributed by atoms with Crippen LogP contribution in [0.4, 0.5) is 0 Å². The van der Waals surface area contributed by atoms with E-state index in [1.807, 2.05) is 6.92 Å². The Morgan fingerprint density at radius 2 is 1.72 bits per heavy atom. The highest BCUT2D eigenvalue weighted by molar-refractivity contribution is 9.09. The highest BCUT2D eigenvalue weighted by Gasteiger charge is 1.97. The minimum Gasteiger partial charge on any atom is -0.299 e. The minimum absolute atomic E-state index is 0.0693. The predicted octanol–water partition coefficient (Wildman–Crippen LogP) is 3.68. The first-order chi connectivity index (χ1) is 8.74. The van der Waals surface area contributed by atoms with E-state index in [2.05, 4.69) is 20.9 Å². The van der Waals surface area contributed by atoms with Crippen molar-refractivity contribution in [2.24, 2.45) is 0 Å². The Kier molecular flexibility index (Phi) is 7.98. The molecule has 1 heterocycles. The molecular formula is C14H23BrN2O. The summed E-state index contributed by atoms with van der Waals surface area (Å²) >= 11 is 3.44. The van der Waals surface area contributed by atoms with Gasteiger partial charge < -0.3 is 0 Å². The van der Waals surface area contributed by atoms with Crippen LogP contribution in [-0.2, 0) is 6.54 Å². The second-order valence-corrected chi connectivity index (χ2v) is 5.52. The van der Waals surface area contributed by atoms with Gasteiger partial charge in [0.1, 0.15) is 0 Å². The van der Waals surface area contributed by atoms with Gasteiger partial charge in [-0.05, 0) is 19.8 Å². The Labute approximate surface area is 118 Å². The zero-order valence-corrected chi connectivity index (χ0v) is 12.8. The molecule has 4 heteroatoms. The Morgan fingerprint density at radius 3 is 2.33 bits per heavy atom. The quantitative estimate of drug-likeness (QED) is 0.515. The van der Waals surface area contributed by atoms with Crippen LogP contribution >= 0.6 is 15.9 Å². The van der Waals surface area contributed by atoms with E-state index < -0.39 is 0 Å². The summed E-state index contributed by atoms with van der Waals surface area (Å²) in [7, 11) is 0. The summed E-state index contributed by atoms with van der Waals surface area (Å²) in [6.45, 7) is 2.65. The fourth-order valence-corrected chi connectivity index (χ4v) is 2.34. The second-order valence-electron chi connectivity index (χ2n) is 4.73. The number of hydrogen-bond donors (Lipinski definition) is 0. The summed E-state index contributed by atoms with van der Waals surface area (Å²) in [5.41, 5.74) is 0.864. The fraction of sp³-hybridized carbons (Fsp3) is 0.714. The molecule has 0 bridgehead atoms. The lowest BCUT2D eigenvalue weighted by Gasteiger charge is -2.05. The van der Waals surface area contributed by atoms with E-state index in [9.17, 15) is 4.79 Å². The van der Waals surface area contributed by atoms with Crippen molar-refractivity contribution >= 4 is 15.9 Å². The lowest BCUT2D eigenvalue weighted by atomic mass is 10.1. The Bertz CT molecular complexity index is 390. The number of aryl methyl sites for hydroxylation is 2. The standard InChI is InChI=1S/C14H23BrN2O/c1-13-11-14(18)17(12-16-13)10-8-6-4-2-3-5-7-9-15/h11-12H,2-10H2,1H3. The number of alkyl halides is 1. The molecule has 0 aliphatic heterocycles. The van der Waals surface area contributed by atoms with Crippen LogP contribution in [0, 0.1) is 6.92 Å². The van der Waals surface area contributed by atoms with E-state index in [0.29, 0.717) is 0 Å². The molecule has 102 valence electrons. The Hall–Kier alpha value is -0.640. The van der Waals surface area contributed by atoms with Gasteiger partial charge >= 0.3 is 0 Å². The molecule has 1 rings (SSSR count). The normalized spacial score (nSPS) is 10.8. The molecule has 0 aliphatic rings. The molecule has 0 saturated carbocycles. The van der Waals surface area contributed by atoms with Gasteiger partial charge in [-0.15, -0.1) is 0 Å². The zero-order chi connectivity index (χ0) is 13.2. The van der Waals surface area contributed by atoms with Gasteiger partial charge in [0.25, 0.3) is 5.56 Å². The number of unbranched alkanes of at least 4 members (excludes halogenated alkanes) is 6. The topological polar surface area (TPSA) is 34.9 Å². The van der Waals surface area contributed by atoms with Crippen molar-refractivity contribution in [3.8, 4) is 0 Å². The van der Waals surface area contributed by atoms with Gasteiger partial charge in [0.2, 0.25) is 0 Å².